The van der Waals surface area contributed by atoms with Crippen molar-refractivity contribution in [3.8, 4) is 0 Å². The van der Waals surface area contributed by atoms with Gasteiger partial charge < -0.3 is 24.5 Å². The summed E-state index contributed by atoms with van der Waals surface area (Å²) in [5, 5.41) is 10.1. The first-order valence-corrected chi connectivity index (χ1v) is 13.2. The number of likely N-dealkylation sites (tertiary alicyclic amines) is 1. The Balaban J connectivity index is 1.43. The van der Waals surface area contributed by atoms with E-state index in [0.717, 1.165) is 5.69 Å². The summed E-state index contributed by atoms with van der Waals surface area (Å²) < 4.78 is 6.64. The van der Waals surface area contributed by atoms with Crippen molar-refractivity contribution in [1.82, 2.24) is 4.90 Å². The highest BCUT2D eigenvalue weighted by Gasteiger charge is 2.71. The van der Waals surface area contributed by atoms with Gasteiger partial charge in [0, 0.05) is 42.6 Å². The fraction of sp³-hybridized carbons (Fsp3) is 0.345. The fourth-order valence-corrected chi connectivity index (χ4v) is 6.44. The number of aliphatic hydroxyl groups excluding tert-OH is 1. The van der Waals surface area contributed by atoms with Gasteiger partial charge in [0.1, 0.15) is 11.6 Å². The Hall–Kier alpha value is -3.46. The van der Waals surface area contributed by atoms with Crippen LogP contribution < -0.4 is 9.80 Å². The largest absolute Gasteiger partial charge is 0.396 e. The number of hydrogen-bond acceptors (Lipinski definition) is 5. The Morgan fingerprint density at radius 1 is 0.895 bits per heavy atom. The van der Waals surface area contributed by atoms with Gasteiger partial charge in [0.05, 0.1) is 17.9 Å². The SMILES string of the molecule is O=C1C2N(CCCO)C(=O)[C@@H]3[C@@H]4C(=O)N(c5ccccc5)CC=C[C@@H]4O[C@]23C=CCN1c1ccc(Cl)cc1. The average Bonchev–Trinajstić information content (AvgIpc) is 3.23. The Morgan fingerprint density at radius 3 is 2.32 bits per heavy atom. The maximum absolute atomic E-state index is 14.2. The number of ether oxygens (including phenoxy) is 1. The number of para-hydroxylation sites is 1. The molecule has 9 heteroatoms. The number of anilines is 2. The molecule has 1 N–H and O–H groups in total. The van der Waals surface area contributed by atoms with E-state index >= 15 is 0 Å². The monoisotopic (exact) mass is 533 g/mol. The van der Waals surface area contributed by atoms with Crippen LogP contribution in [0.2, 0.25) is 5.02 Å². The van der Waals surface area contributed by atoms with Crippen LogP contribution in [0.5, 0.6) is 0 Å². The number of nitrogens with zero attached hydrogens (tertiary/aromatic N) is 3. The van der Waals surface area contributed by atoms with Gasteiger partial charge in [-0.05, 0) is 42.8 Å². The number of hydrogen-bond donors (Lipinski definition) is 1. The molecule has 0 aromatic heterocycles. The summed E-state index contributed by atoms with van der Waals surface area (Å²) in [6.07, 6.45) is 7.06. The minimum absolute atomic E-state index is 0.130. The minimum atomic E-state index is -1.31. The van der Waals surface area contributed by atoms with Gasteiger partial charge in [-0.15, -0.1) is 0 Å². The summed E-state index contributed by atoms with van der Waals surface area (Å²) in [4.78, 5) is 47.2. The number of aliphatic hydroxyl groups is 1. The molecule has 3 amide bonds. The third kappa shape index (κ3) is 3.78. The van der Waals surface area contributed by atoms with Gasteiger partial charge in [-0.25, -0.2) is 0 Å². The smallest absolute Gasteiger partial charge is 0.253 e. The highest BCUT2D eigenvalue weighted by atomic mass is 35.5. The summed E-state index contributed by atoms with van der Waals surface area (Å²) in [6.45, 7) is 0.699. The molecule has 2 fully saturated rings. The molecular weight excluding hydrogens is 506 g/mol. The molecule has 196 valence electrons. The number of amides is 3. The van der Waals surface area contributed by atoms with E-state index in [1.54, 1.807) is 34.1 Å². The van der Waals surface area contributed by atoms with E-state index in [1.807, 2.05) is 54.6 Å². The topological polar surface area (TPSA) is 90.4 Å². The summed E-state index contributed by atoms with van der Waals surface area (Å²) >= 11 is 6.08. The maximum Gasteiger partial charge on any atom is 0.253 e. The van der Waals surface area contributed by atoms with Crippen LogP contribution in [0.3, 0.4) is 0 Å². The lowest BCUT2D eigenvalue weighted by atomic mass is 9.77. The number of carbonyl (C=O) groups is 3. The molecule has 4 aliphatic heterocycles. The van der Waals surface area contributed by atoms with Gasteiger partial charge in [-0.3, -0.25) is 14.4 Å². The first kappa shape index (κ1) is 24.9. The van der Waals surface area contributed by atoms with Crippen molar-refractivity contribution in [2.45, 2.75) is 24.2 Å². The molecule has 4 aliphatic rings. The van der Waals surface area contributed by atoms with Crippen molar-refractivity contribution >= 4 is 40.7 Å². The van der Waals surface area contributed by atoms with E-state index in [1.165, 1.54) is 4.90 Å². The first-order chi connectivity index (χ1) is 18.5. The third-order valence-corrected chi connectivity index (χ3v) is 8.17. The van der Waals surface area contributed by atoms with Gasteiger partial charge in [-0.2, -0.15) is 0 Å². The molecule has 0 aliphatic carbocycles. The van der Waals surface area contributed by atoms with Gasteiger partial charge in [-0.1, -0.05) is 54.1 Å². The van der Waals surface area contributed by atoms with Crippen LogP contribution in [0.4, 0.5) is 11.4 Å². The number of rotatable bonds is 5. The number of fused-ring (bicyclic) bond motifs is 2. The second-order valence-electron chi connectivity index (χ2n) is 9.99. The molecule has 38 heavy (non-hydrogen) atoms. The highest BCUT2D eigenvalue weighted by molar-refractivity contribution is 6.30. The number of halogens is 1. The molecule has 6 rings (SSSR count). The Bertz CT molecular complexity index is 1310. The molecule has 0 radical (unpaired) electrons. The zero-order valence-electron chi connectivity index (χ0n) is 20.7. The molecular formula is C29H28ClN3O5. The molecule has 2 aromatic carbocycles. The average molecular weight is 534 g/mol. The molecule has 1 spiro atoms. The Labute approximate surface area is 225 Å². The first-order valence-electron chi connectivity index (χ1n) is 12.8. The lowest BCUT2D eigenvalue weighted by Crippen LogP contribution is -2.55. The molecule has 0 saturated carbocycles. The van der Waals surface area contributed by atoms with E-state index in [9.17, 15) is 19.5 Å². The molecule has 2 saturated heterocycles. The van der Waals surface area contributed by atoms with E-state index in [2.05, 4.69) is 0 Å². The third-order valence-electron chi connectivity index (χ3n) is 7.92. The van der Waals surface area contributed by atoms with Crippen LogP contribution in [0.15, 0.2) is 78.9 Å². The predicted molar refractivity (Wildman–Crippen MR) is 143 cm³/mol. The molecule has 2 aromatic rings. The highest BCUT2D eigenvalue weighted by Crippen LogP contribution is 2.53. The van der Waals surface area contributed by atoms with Crippen molar-refractivity contribution in [2.24, 2.45) is 11.8 Å². The van der Waals surface area contributed by atoms with Crippen LogP contribution in [0, 0.1) is 11.8 Å². The lowest BCUT2D eigenvalue weighted by Gasteiger charge is -2.35. The minimum Gasteiger partial charge on any atom is -0.396 e. The predicted octanol–water partition coefficient (Wildman–Crippen LogP) is 2.81. The van der Waals surface area contributed by atoms with Gasteiger partial charge in [0.2, 0.25) is 11.8 Å². The molecule has 5 atom stereocenters. The number of benzene rings is 2. The molecule has 8 nitrogen and oxygen atoms in total. The molecule has 4 heterocycles. The zero-order chi connectivity index (χ0) is 26.4. The number of carbonyl (C=O) groups excluding carboxylic acids is 3. The normalized spacial score (nSPS) is 30.3. The van der Waals surface area contributed by atoms with Crippen LogP contribution >= 0.6 is 11.6 Å². The van der Waals surface area contributed by atoms with Crippen LogP contribution in [-0.4, -0.2) is 71.7 Å². The van der Waals surface area contributed by atoms with Gasteiger partial charge >= 0.3 is 0 Å². The Kier molecular flexibility index (Phi) is 6.34. The van der Waals surface area contributed by atoms with Crippen LogP contribution in [-0.2, 0) is 19.1 Å². The van der Waals surface area contributed by atoms with E-state index in [-0.39, 0.29) is 37.4 Å². The molecule has 1 unspecified atom stereocenters. The fourth-order valence-electron chi connectivity index (χ4n) is 6.31. The molecule has 0 bridgehead atoms. The van der Waals surface area contributed by atoms with Gasteiger partial charge in [0.15, 0.2) is 0 Å². The van der Waals surface area contributed by atoms with Crippen molar-refractivity contribution in [3.63, 3.8) is 0 Å². The quantitative estimate of drug-likeness (QED) is 0.597. The summed E-state index contributed by atoms with van der Waals surface area (Å²) in [5.74, 6) is -2.46. The van der Waals surface area contributed by atoms with Crippen molar-refractivity contribution < 1.29 is 24.2 Å². The summed E-state index contributed by atoms with van der Waals surface area (Å²) in [7, 11) is 0. The van der Waals surface area contributed by atoms with Crippen molar-refractivity contribution in [1.29, 1.82) is 0 Å². The lowest BCUT2D eigenvalue weighted by molar-refractivity contribution is -0.140. The second-order valence-corrected chi connectivity index (χ2v) is 10.4. The zero-order valence-corrected chi connectivity index (χ0v) is 21.4. The Morgan fingerprint density at radius 2 is 1.58 bits per heavy atom. The van der Waals surface area contributed by atoms with E-state index in [4.69, 9.17) is 16.3 Å². The van der Waals surface area contributed by atoms with E-state index < -0.39 is 29.6 Å². The standard InChI is InChI=1S/C29H28ClN3O5/c30-19-10-12-21(13-11-19)32-16-5-14-29-24(27(36)33(17-6-18-34)25(29)28(32)37)23-22(38-29)9-4-15-31(26(23)35)20-7-2-1-3-8-20/h1-5,7-14,22-25,34H,6,15-18H2/t22-,23+,24-,25?,29-/m0/s1. The van der Waals surface area contributed by atoms with Crippen LogP contribution in [0.1, 0.15) is 6.42 Å². The van der Waals surface area contributed by atoms with Crippen LogP contribution in [0.25, 0.3) is 0 Å². The van der Waals surface area contributed by atoms with Gasteiger partial charge in [0.25, 0.3) is 5.91 Å². The van der Waals surface area contributed by atoms with Crippen molar-refractivity contribution in [3.05, 3.63) is 83.9 Å². The van der Waals surface area contributed by atoms with E-state index in [0.29, 0.717) is 23.7 Å². The maximum atomic E-state index is 14.2. The second kappa shape index (κ2) is 9.69. The summed E-state index contributed by atoms with van der Waals surface area (Å²) in [6, 6.07) is 15.3. The summed E-state index contributed by atoms with van der Waals surface area (Å²) in [5.41, 5.74) is 0.0849. The van der Waals surface area contributed by atoms with Crippen molar-refractivity contribution in [2.75, 3.05) is 36.0 Å².